The second-order valence-corrected chi connectivity index (χ2v) is 9.65. The van der Waals surface area contributed by atoms with Gasteiger partial charge in [0.15, 0.2) is 0 Å². The van der Waals surface area contributed by atoms with Crippen LogP contribution < -0.4 is 10.0 Å². The number of sulfonamides is 1. The molecule has 1 saturated heterocycles. The van der Waals surface area contributed by atoms with Gasteiger partial charge in [-0.15, -0.1) is 12.4 Å². The molecule has 0 bridgehead atoms. The van der Waals surface area contributed by atoms with E-state index < -0.39 is 10.0 Å². The minimum absolute atomic E-state index is 0. The molecular formula is C22H28ClN3O3S. The Morgan fingerprint density at radius 3 is 2.37 bits per heavy atom. The van der Waals surface area contributed by atoms with Gasteiger partial charge in [0.25, 0.3) is 5.91 Å². The van der Waals surface area contributed by atoms with Crippen LogP contribution in [0.1, 0.15) is 29.6 Å². The van der Waals surface area contributed by atoms with Gasteiger partial charge in [-0.05, 0) is 54.2 Å². The lowest BCUT2D eigenvalue weighted by Crippen LogP contribution is -2.46. The third kappa shape index (κ3) is 5.53. The molecule has 0 spiro atoms. The number of rotatable bonds is 6. The number of anilines is 1. The van der Waals surface area contributed by atoms with Crippen LogP contribution in [-0.2, 0) is 10.0 Å². The minimum Gasteiger partial charge on any atom is -0.336 e. The molecule has 4 rings (SSSR count). The highest BCUT2D eigenvalue weighted by Crippen LogP contribution is 2.29. The predicted molar refractivity (Wildman–Crippen MR) is 123 cm³/mol. The van der Waals surface area contributed by atoms with E-state index in [1.165, 1.54) is 0 Å². The van der Waals surface area contributed by atoms with Crippen LogP contribution in [0.15, 0.2) is 48.5 Å². The van der Waals surface area contributed by atoms with Crippen molar-refractivity contribution < 1.29 is 13.2 Å². The van der Waals surface area contributed by atoms with Gasteiger partial charge in [0, 0.05) is 37.4 Å². The highest BCUT2D eigenvalue weighted by atomic mass is 35.5. The summed E-state index contributed by atoms with van der Waals surface area (Å²) in [5, 5.41) is 3.25. The molecule has 1 saturated carbocycles. The second kappa shape index (κ2) is 9.81. The third-order valence-electron chi connectivity index (χ3n) is 5.69. The first kappa shape index (κ1) is 22.6. The molecule has 0 aromatic heterocycles. The molecule has 2 fully saturated rings. The van der Waals surface area contributed by atoms with Crippen molar-refractivity contribution in [3.63, 3.8) is 0 Å². The quantitative estimate of drug-likeness (QED) is 0.708. The van der Waals surface area contributed by atoms with Gasteiger partial charge in [0.2, 0.25) is 10.0 Å². The van der Waals surface area contributed by atoms with E-state index in [0.717, 1.165) is 56.6 Å². The van der Waals surface area contributed by atoms with E-state index in [0.29, 0.717) is 11.3 Å². The van der Waals surface area contributed by atoms with E-state index in [2.05, 4.69) is 10.0 Å². The van der Waals surface area contributed by atoms with Crippen molar-refractivity contribution >= 4 is 34.0 Å². The maximum atomic E-state index is 12.6. The lowest BCUT2D eigenvalue weighted by molar-refractivity contribution is 0.0736. The zero-order chi connectivity index (χ0) is 20.3. The lowest BCUT2D eigenvalue weighted by atomic mass is 9.87. The fourth-order valence-corrected chi connectivity index (χ4v) is 5.33. The average Bonchev–Trinajstić information content (AvgIpc) is 2.71. The van der Waals surface area contributed by atoms with Crippen LogP contribution >= 0.6 is 12.4 Å². The van der Waals surface area contributed by atoms with E-state index in [9.17, 15) is 13.2 Å². The maximum Gasteiger partial charge on any atom is 0.253 e. The predicted octanol–water partition coefficient (Wildman–Crippen LogP) is 3.36. The van der Waals surface area contributed by atoms with Gasteiger partial charge in [-0.2, -0.15) is 0 Å². The van der Waals surface area contributed by atoms with Crippen LogP contribution in [0, 0.1) is 5.92 Å². The van der Waals surface area contributed by atoms with Crippen LogP contribution in [-0.4, -0.2) is 51.2 Å². The molecule has 0 unspecified atom stereocenters. The van der Waals surface area contributed by atoms with Gasteiger partial charge in [0.1, 0.15) is 0 Å². The SMILES string of the molecule is Cl.O=C(c1ccc(-c2cccc(NS(=O)(=O)CC3CCC3)c2)cc1)N1CCNCC1. The summed E-state index contributed by atoms with van der Waals surface area (Å²) in [6, 6.07) is 14.9. The molecule has 1 aliphatic carbocycles. The molecule has 1 heterocycles. The smallest absolute Gasteiger partial charge is 0.253 e. The zero-order valence-corrected chi connectivity index (χ0v) is 18.5. The van der Waals surface area contributed by atoms with E-state index in [4.69, 9.17) is 0 Å². The molecule has 2 N–H and O–H groups in total. The molecule has 8 heteroatoms. The van der Waals surface area contributed by atoms with Crippen molar-refractivity contribution in [2.75, 3.05) is 36.7 Å². The molecule has 30 heavy (non-hydrogen) atoms. The molecule has 2 aliphatic rings. The Bertz CT molecular complexity index is 969. The van der Waals surface area contributed by atoms with Gasteiger partial charge >= 0.3 is 0 Å². The Morgan fingerprint density at radius 1 is 1.03 bits per heavy atom. The van der Waals surface area contributed by atoms with E-state index in [1.807, 2.05) is 47.4 Å². The van der Waals surface area contributed by atoms with Crippen molar-refractivity contribution in [3.8, 4) is 11.1 Å². The third-order valence-corrected chi connectivity index (χ3v) is 7.14. The molecular weight excluding hydrogens is 422 g/mol. The first-order chi connectivity index (χ1) is 14.0. The number of amides is 1. The van der Waals surface area contributed by atoms with Crippen LogP contribution in [0.4, 0.5) is 5.69 Å². The Hall–Kier alpha value is -2.09. The largest absolute Gasteiger partial charge is 0.336 e. The molecule has 2 aromatic carbocycles. The molecule has 6 nitrogen and oxygen atoms in total. The van der Waals surface area contributed by atoms with Gasteiger partial charge in [-0.25, -0.2) is 8.42 Å². The number of hydrogen-bond acceptors (Lipinski definition) is 4. The summed E-state index contributed by atoms with van der Waals surface area (Å²) in [7, 11) is -3.33. The Morgan fingerprint density at radius 2 is 1.73 bits per heavy atom. The highest BCUT2D eigenvalue weighted by molar-refractivity contribution is 7.92. The standard InChI is InChI=1S/C22H27N3O3S.ClH/c26-22(25-13-11-23-12-14-25)19-9-7-18(8-10-19)20-5-2-6-21(15-20)24-29(27,28)16-17-3-1-4-17;/h2,5-10,15,17,23-24H,1,3-4,11-14,16H2;1H. The van der Waals surface area contributed by atoms with Crippen LogP contribution in [0.2, 0.25) is 0 Å². The van der Waals surface area contributed by atoms with Crippen molar-refractivity contribution in [2.24, 2.45) is 5.92 Å². The first-order valence-corrected chi connectivity index (χ1v) is 11.9. The van der Waals surface area contributed by atoms with Gasteiger partial charge in [-0.1, -0.05) is 30.7 Å². The number of halogens is 1. The summed E-state index contributed by atoms with van der Waals surface area (Å²) in [4.78, 5) is 14.5. The number of hydrogen-bond donors (Lipinski definition) is 2. The Labute approximate surface area is 184 Å². The number of nitrogens with zero attached hydrogens (tertiary/aromatic N) is 1. The fraction of sp³-hybridized carbons (Fsp3) is 0.409. The molecule has 162 valence electrons. The van der Waals surface area contributed by atoms with E-state index in [-0.39, 0.29) is 30.0 Å². The van der Waals surface area contributed by atoms with Crippen LogP contribution in [0.5, 0.6) is 0 Å². The summed E-state index contributed by atoms with van der Waals surface area (Å²) < 4.78 is 27.4. The maximum absolute atomic E-state index is 12.6. The highest BCUT2D eigenvalue weighted by Gasteiger charge is 2.24. The Balaban J connectivity index is 0.00000256. The second-order valence-electron chi connectivity index (χ2n) is 7.88. The van der Waals surface area contributed by atoms with Gasteiger partial charge < -0.3 is 10.2 Å². The summed E-state index contributed by atoms with van der Waals surface area (Å²) >= 11 is 0. The lowest BCUT2D eigenvalue weighted by Gasteiger charge is -2.27. The van der Waals surface area contributed by atoms with Crippen molar-refractivity contribution in [3.05, 3.63) is 54.1 Å². The number of benzene rings is 2. The van der Waals surface area contributed by atoms with Crippen molar-refractivity contribution in [2.45, 2.75) is 19.3 Å². The topological polar surface area (TPSA) is 78.5 Å². The summed E-state index contributed by atoms with van der Waals surface area (Å²) in [6.07, 6.45) is 3.13. The van der Waals surface area contributed by atoms with Crippen LogP contribution in [0.3, 0.4) is 0 Å². The van der Waals surface area contributed by atoms with Crippen molar-refractivity contribution in [1.82, 2.24) is 10.2 Å². The van der Waals surface area contributed by atoms with E-state index >= 15 is 0 Å². The number of nitrogens with one attached hydrogen (secondary N) is 2. The van der Waals surface area contributed by atoms with Gasteiger partial charge in [0.05, 0.1) is 5.75 Å². The number of carbonyl (C=O) groups is 1. The molecule has 2 aromatic rings. The average molecular weight is 450 g/mol. The zero-order valence-electron chi connectivity index (χ0n) is 16.8. The summed E-state index contributed by atoms with van der Waals surface area (Å²) in [5.74, 6) is 0.534. The fourth-order valence-electron chi connectivity index (χ4n) is 3.81. The van der Waals surface area contributed by atoms with Gasteiger partial charge in [-0.3, -0.25) is 9.52 Å². The number of carbonyl (C=O) groups excluding carboxylic acids is 1. The Kier molecular flexibility index (Phi) is 7.39. The van der Waals surface area contributed by atoms with Crippen LogP contribution in [0.25, 0.3) is 11.1 Å². The molecule has 0 radical (unpaired) electrons. The first-order valence-electron chi connectivity index (χ1n) is 10.2. The monoisotopic (exact) mass is 449 g/mol. The number of piperazine rings is 1. The molecule has 1 amide bonds. The molecule has 0 atom stereocenters. The summed E-state index contributed by atoms with van der Waals surface area (Å²) in [5.41, 5.74) is 3.10. The minimum atomic E-state index is -3.33. The van der Waals surface area contributed by atoms with E-state index in [1.54, 1.807) is 6.07 Å². The van der Waals surface area contributed by atoms with Crippen molar-refractivity contribution in [1.29, 1.82) is 0 Å². The molecule has 1 aliphatic heterocycles. The normalized spacial score (nSPS) is 17.0. The summed E-state index contributed by atoms with van der Waals surface area (Å²) in [6.45, 7) is 3.10.